The molecule has 0 atom stereocenters. The van der Waals surface area contributed by atoms with Crippen molar-refractivity contribution in [3.8, 4) is 5.75 Å². The minimum atomic E-state index is -0.314. The molecule has 0 spiro atoms. The van der Waals surface area contributed by atoms with E-state index < -0.39 is 0 Å². The van der Waals surface area contributed by atoms with Gasteiger partial charge in [-0.05, 0) is 39.0 Å². The van der Waals surface area contributed by atoms with Gasteiger partial charge in [0.15, 0.2) is 6.29 Å². The lowest BCUT2D eigenvalue weighted by Crippen LogP contribution is -2.23. The van der Waals surface area contributed by atoms with Gasteiger partial charge in [-0.3, -0.25) is 4.79 Å². The summed E-state index contributed by atoms with van der Waals surface area (Å²) < 4.78 is 5.59. The highest BCUT2D eigenvalue weighted by Gasteiger charge is 2.14. The van der Waals surface area contributed by atoms with Crippen LogP contribution in [0.5, 0.6) is 5.75 Å². The molecule has 1 aromatic rings. The predicted octanol–water partition coefficient (Wildman–Crippen LogP) is 3.33. The Morgan fingerprint density at radius 3 is 2.50 bits per heavy atom. The zero-order chi connectivity index (χ0) is 10.8. The Bertz CT molecular complexity index is 340. The average molecular weight is 213 g/mol. The zero-order valence-electron chi connectivity index (χ0n) is 8.50. The van der Waals surface area contributed by atoms with Gasteiger partial charge in [-0.1, -0.05) is 11.6 Å². The van der Waals surface area contributed by atoms with E-state index in [-0.39, 0.29) is 5.60 Å². The normalized spacial score (nSPS) is 11.1. The molecule has 0 saturated carbocycles. The van der Waals surface area contributed by atoms with Crippen LogP contribution in [0.3, 0.4) is 0 Å². The molecule has 0 radical (unpaired) electrons. The molecule has 1 rings (SSSR count). The average Bonchev–Trinajstić information content (AvgIpc) is 2.06. The first-order valence-electron chi connectivity index (χ1n) is 4.36. The molecule has 0 aliphatic rings. The van der Waals surface area contributed by atoms with Crippen LogP contribution in [0.2, 0.25) is 5.02 Å². The van der Waals surface area contributed by atoms with E-state index in [1.807, 2.05) is 20.8 Å². The summed E-state index contributed by atoms with van der Waals surface area (Å²) in [5.74, 6) is 0.567. The Hall–Kier alpha value is -1.02. The van der Waals surface area contributed by atoms with E-state index in [1.54, 1.807) is 18.2 Å². The van der Waals surface area contributed by atoms with Crippen molar-refractivity contribution in [3.05, 3.63) is 28.8 Å². The molecule has 0 saturated heterocycles. The Morgan fingerprint density at radius 1 is 1.36 bits per heavy atom. The highest BCUT2D eigenvalue weighted by Crippen LogP contribution is 2.24. The van der Waals surface area contributed by atoms with Crippen molar-refractivity contribution in [2.45, 2.75) is 26.4 Å². The fraction of sp³-hybridized carbons (Fsp3) is 0.364. The molecule has 0 bridgehead atoms. The molecule has 0 aliphatic carbocycles. The first-order valence-corrected chi connectivity index (χ1v) is 4.74. The summed E-state index contributed by atoms with van der Waals surface area (Å²) in [6, 6.07) is 5.00. The van der Waals surface area contributed by atoms with Gasteiger partial charge in [-0.15, -0.1) is 0 Å². The summed E-state index contributed by atoms with van der Waals surface area (Å²) in [5.41, 5.74) is 0.165. The van der Waals surface area contributed by atoms with Crippen LogP contribution in [0, 0.1) is 0 Å². The van der Waals surface area contributed by atoms with Crippen LogP contribution in [0.4, 0.5) is 0 Å². The zero-order valence-corrected chi connectivity index (χ0v) is 9.26. The van der Waals surface area contributed by atoms with Crippen LogP contribution >= 0.6 is 11.6 Å². The Balaban J connectivity index is 3.03. The molecule has 0 aromatic heterocycles. The summed E-state index contributed by atoms with van der Waals surface area (Å²) in [4.78, 5) is 10.7. The molecule has 0 amide bonds. The lowest BCUT2D eigenvalue weighted by Gasteiger charge is -2.22. The van der Waals surface area contributed by atoms with E-state index in [1.165, 1.54) is 0 Å². The van der Waals surface area contributed by atoms with Crippen LogP contribution < -0.4 is 4.74 Å². The number of rotatable bonds is 2. The fourth-order valence-electron chi connectivity index (χ4n) is 1.03. The molecule has 14 heavy (non-hydrogen) atoms. The quantitative estimate of drug-likeness (QED) is 0.703. The summed E-state index contributed by atoms with van der Waals surface area (Å²) in [7, 11) is 0. The largest absolute Gasteiger partial charge is 0.487 e. The number of carbonyl (C=O) groups is 1. The number of aldehydes is 1. The molecule has 0 N–H and O–H groups in total. The Labute approximate surface area is 88.8 Å². The SMILES string of the molecule is CC(C)(C)Oc1ccc(Cl)cc1C=O. The highest BCUT2D eigenvalue weighted by atomic mass is 35.5. The number of benzene rings is 1. The maximum absolute atomic E-state index is 10.7. The van der Waals surface area contributed by atoms with Gasteiger partial charge in [0.25, 0.3) is 0 Å². The third kappa shape index (κ3) is 3.04. The van der Waals surface area contributed by atoms with Crippen LogP contribution in [0.1, 0.15) is 31.1 Å². The Morgan fingerprint density at radius 2 is 2.00 bits per heavy atom. The number of carbonyl (C=O) groups excluding carboxylic acids is 1. The molecule has 2 nitrogen and oxygen atoms in total. The van der Waals surface area contributed by atoms with Crippen molar-refractivity contribution in [2.75, 3.05) is 0 Å². The summed E-state index contributed by atoms with van der Waals surface area (Å²) in [5, 5.41) is 0.536. The molecule has 3 heteroatoms. The first-order chi connectivity index (χ1) is 6.42. The molecule has 0 fully saturated rings. The molecule has 76 valence electrons. The standard InChI is InChI=1S/C11H13ClO2/c1-11(2,3)14-10-5-4-9(12)6-8(10)7-13/h4-7H,1-3H3. The van der Waals surface area contributed by atoms with E-state index in [9.17, 15) is 4.79 Å². The van der Waals surface area contributed by atoms with Gasteiger partial charge >= 0.3 is 0 Å². The third-order valence-electron chi connectivity index (χ3n) is 1.51. The van der Waals surface area contributed by atoms with Crippen LogP contribution in [0.15, 0.2) is 18.2 Å². The van der Waals surface area contributed by atoms with Crippen molar-refractivity contribution >= 4 is 17.9 Å². The number of hydrogen-bond acceptors (Lipinski definition) is 2. The smallest absolute Gasteiger partial charge is 0.153 e. The molecular formula is C11H13ClO2. The molecule has 0 unspecified atom stereocenters. The molecule has 0 aliphatic heterocycles. The predicted molar refractivity (Wildman–Crippen MR) is 57.2 cm³/mol. The van der Waals surface area contributed by atoms with Gasteiger partial charge in [-0.2, -0.15) is 0 Å². The Kier molecular flexibility index (Phi) is 3.17. The third-order valence-corrected chi connectivity index (χ3v) is 1.75. The number of hydrogen-bond donors (Lipinski definition) is 0. The van der Waals surface area contributed by atoms with E-state index in [4.69, 9.17) is 16.3 Å². The van der Waals surface area contributed by atoms with Crippen molar-refractivity contribution in [3.63, 3.8) is 0 Å². The number of halogens is 1. The minimum absolute atomic E-state index is 0.314. The maximum atomic E-state index is 10.7. The molecule has 1 aromatic carbocycles. The summed E-state index contributed by atoms with van der Waals surface area (Å²) >= 11 is 5.75. The summed E-state index contributed by atoms with van der Waals surface area (Å²) in [6.45, 7) is 5.78. The fourth-order valence-corrected chi connectivity index (χ4v) is 1.21. The van der Waals surface area contributed by atoms with Crippen LogP contribution in [-0.4, -0.2) is 11.9 Å². The van der Waals surface area contributed by atoms with E-state index in [0.29, 0.717) is 16.3 Å². The second-order valence-corrected chi connectivity index (χ2v) is 4.45. The lowest BCUT2D eigenvalue weighted by molar-refractivity contribution is 0.109. The lowest BCUT2D eigenvalue weighted by atomic mass is 10.1. The number of ether oxygens (including phenoxy) is 1. The van der Waals surface area contributed by atoms with Gasteiger partial charge in [-0.25, -0.2) is 0 Å². The second-order valence-electron chi connectivity index (χ2n) is 4.01. The van der Waals surface area contributed by atoms with E-state index in [0.717, 1.165) is 6.29 Å². The second kappa shape index (κ2) is 4.01. The van der Waals surface area contributed by atoms with Gasteiger partial charge in [0, 0.05) is 5.02 Å². The highest BCUT2D eigenvalue weighted by molar-refractivity contribution is 6.30. The van der Waals surface area contributed by atoms with Crippen molar-refractivity contribution < 1.29 is 9.53 Å². The minimum Gasteiger partial charge on any atom is -0.487 e. The summed E-state index contributed by atoms with van der Waals surface area (Å²) in [6.07, 6.45) is 0.743. The maximum Gasteiger partial charge on any atom is 0.153 e. The molecule has 0 heterocycles. The monoisotopic (exact) mass is 212 g/mol. The van der Waals surface area contributed by atoms with Crippen LogP contribution in [0.25, 0.3) is 0 Å². The molecular weight excluding hydrogens is 200 g/mol. The topological polar surface area (TPSA) is 26.3 Å². The van der Waals surface area contributed by atoms with Crippen molar-refractivity contribution in [2.24, 2.45) is 0 Å². The van der Waals surface area contributed by atoms with Gasteiger partial charge in [0.05, 0.1) is 5.56 Å². The van der Waals surface area contributed by atoms with Crippen LogP contribution in [-0.2, 0) is 0 Å². The van der Waals surface area contributed by atoms with E-state index in [2.05, 4.69) is 0 Å². The van der Waals surface area contributed by atoms with Gasteiger partial charge in [0.1, 0.15) is 11.4 Å². The van der Waals surface area contributed by atoms with Gasteiger partial charge in [0.2, 0.25) is 0 Å². The van der Waals surface area contributed by atoms with E-state index >= 15 is 0 Å². The first kappa shape index (κ1) is 11.1. The van der Waals surface area contributed by atoms with Gasteiger partial charge < -0.3 is 4.74 Å². The van der Waals surface area contributed by atoms with Crippen molar-refractivity contribution in [1.29, 1.82) is 0 Å². The van der Waals surface area contributed by atoms with Crippen molar-refractivity contribution in [1.82, 2.24) is 0 Å².